The molecule has 0 aromatic heterocycles. The topological polar surface area (TPSA) is 60.4 Å². The molecule has 2 aromatic rings. The molecule has 0 aliphatic heterocycles. The zero-order chi connectivity index (χ0) is 16.9. The van der Waals surface area contributed by atoms with E-state index in [1.54, 1.807) is 24.3 Å². The lowest BCUT2D eigenvalue weighted by Crippen LogP contribution is -2.16. The first kappa shape index (κ1) is 17.0. The number of ether oxygens (including phenoxy) is 1. The standard InChI is InChI=1S/C18H18O4S/c1-14-7-6-8-15(11-14)12-16(18(19)22-2)13-23(20,21)17-9-4-3-5-10-17/h3-12H,13H2,1-2H3/b16-12-. The van der Waals surface area contributed by atoms with Gasteiger partial charge < -0.3 is 4.74 Å². The van der Waals surface area contributed by atoms with Crippen LogP contribution in [0.25, 0.3) is 6.08 Å². The third-order valence-electron chi connectivity index (χ3n) is 3.28. The molecule has 0 fully saturated rings. The molecule has 5 heteroatoms. The van der Waals surface area contributed by atoms with E-state index in [-0.39, 0.29) is 10.5 Å². The molecule has 23 heavy (non-hydrogen) atoms. The number of esters is 1. The van der Waals surface area contributed by atoms with Crippen molar-refractivity contribution < 1.29 is 17.9 Å². The van der Waals surface area contributed by atoms with Gasteiger partial charge in [0.15, 0.2) is 9.84 Å². The summed E-state index contributed by atoms with van der Waals surface area (Å²) >= 11 is 0. The highest BCUT2D eigenvalue weighted by Gasteiger charge is 2.21. The smallest absolute Gasteiger partial charge is 0.334 e. The largest absolute Gasteiger partial charge is 0.466 e. The minimum absolute atomic E-state index is 0.0990. The number of sulfone groups is 1. The lowest BCUT2D eigenvalue weighted by atomic mass is 10.1. The van der Waals surface area contributed by atoms with Crippen LogP contribution < -0.4 is 0 Å². The number of carbonyl (C=O) groups is 1. The summed E-state index contributed by atoms with van der Waals surface area (Å²) in [7, 11) is -2.38. The second-order valence-electron chi connectivity index (χ2n) is 5.15. The van der Waals surface area contributed by atoms with Crippen LogP contribution in [-0.4, -0.2) is 27.2 Å². The van der Waals surface area contributed by atoms with Crippen LogP contribution in [0.2, 0.25) is 0 Å². The zero-order valence-electron chi connectivity index (χ0n) is 13.0. The Labute approximate surface area is 136 Å². The van der Waals surface area contributed by atoms with Gasteiger partial charge in [-0.15, -0.1) is 0 Å². The van der Waals surface area contributed by atoms with Crippen molar-refractivity contribution >= 4 is 21.9 Å². The van der Waals surface area contributed by atoms with Crippen LogP contribution in [0.5, 0.6) is 0 Å². The summed E-state index contributed by atoms with van der Waals surface area (Å²) in [4.78, 5) is 12.1. The van der Waals surface area contributed by atoms with E-state index in [0.717, 1.165) is 11.1 Å². The molecule has 0 radical (unpaired) electrons. The Kier molecular flexibility index (Phi) is 5.34. The first-order valence-corrected chi connectivity index (χ1v) is 8.71. The maximum Gasteiger partial charge on any atom is 0.334 e. The van der Waals surface area contributed by atoms with E-state index in [0.29, 0.717) is 0 Å². The number of rotatable bonds is 5. The second kappa shape index (κ2) is 7.24. The maximum atomic E-state index is 12.5. The van der Waals surface area contributed by atoms with E-state index in [9.17, 15) is 13.2 Å². The number of benzene rings is 2. The van der Waals surface area contributed by atoms with Crippen molar-refractivity contribution in [2.24, 2.45) is 0 Å². The lowest BCUT2D eigenvalue weighted by molar-refractivity contribution is -0.135. The minimum Gasteiger partial charge on any atom is -0.466 e. The predicted molar refractivity (Wildman–Crippen MR) is 89.7 cm³/mol. The van der Waals surface area contributed by atoms with Crippen molar-refractivity contribution in [2.45, 2.75) is 11.8 Å². The molecule has 120 valence electrons. The lowest BCUT2D eigenvalue weighted by Gasteiger charge is -2.08. The van der Waals surface area contributed by atoms with Crippen molar-refractivity contribution in [1.29, 1.82) is 0 Å². The first-order chi connectivity index (χ1) is 10.9. The highest BCUT2D eigenvalue weighted by molar-refractivity contribution is 7.91. The summed E-state index contributed by atoms with van der Waals surface area (Å²) < 4.78 is 29.7. The molecule has 0 spiro atoms. The Morgan fingerprint density at radius 2 is 1.78 bits per heavy atom. The van der Waals surface area contributed by atoms with Gasteiger partial charge in [-0.05, 0) is 30.7 Å². The molecule has 0 aliphatic rings. The Bertz CT molecular complexity index is 821. The van der Waals surface area contributed by atoms with E-state index < -0.39 is 21.6 Å². The molecule has 0 aliphatic carbocycles. The molecular weight excluding hydrogens is 312 g/mol. The molecule has 0 heterocycles. The van der Waals surface area contributed by atoms with Gasteiger partial charge in [-0.2, -0.15) is 0 Å². The highest BCUT2D eigenvalue weighted by atomic mass is 32.2. The molecule has 0 saturated heterocycles. The molecule has 0 saturated carbocycles. The summed E-state index contributed by atoms with van der Waals surface area (Å²) in [5.74, 6) is -1.05. The van der Waals surface area contributed by atoms with Gasteiger partial charge in [0.2, 0.25) is 0 Å². The summed E-state index contributed by atoms with van der Waals surface area (Å²) in [5.41, 5.74) is 1.88. The van der Waals surface area contributed by atoms with Gasteiger partial charge in [0.05, 0.1) is 23.3 Å². The number of aryl methyl sites for hydroxylation is 1. The zero-order valence-corrected chi connectivity index (χ0v) is 13.8. The van der Waals surface area contributed by atoms with Gasteiger partial charge >= 0.3 is 5.97 Å². The molecular formula is C18H18O4S. The molecule has 0 amide bonds. The average molecular weight is 330 g/mol. The van der Waals surface area contributed by atoms with Crippen molar-refractivity contribution in [3.8, 4) is 0 Å². The normalized spacial score (nSPS) is 12.0. The van der Waals surface area contributed by atoms with Crippen LogP contribution in [0, 0.1) is 6.92 Å². The Hall–Kier alpha value is -2.40. The SMILES string of the molecule is COC(=O)/C(=C\c1cccc(C)c1)CS(=O)(=O)c1ccccc1. The van der Waals surface area contributed by atoms with Crippen molar-refractivity contribution in [3.63, 3.8) is 0 Å². The van der Waals surface area contributed by atoms with Crippen LogP contribution in [0.3, 0.4) is 0 Å². The van der Waals surface area contributed by atoms with Crippen LogP contribution in [0.4, 0.5) is 0 Å². The average Bonchev–Trinajstić information content (AvgIpc) is 2.54. The minimum atomic E-state index is -3.61. The molecule has 0 unspecified atom stereocenters. The first-order valence-electron chi connectivity index (χ1n) is 7.06. The van der Waals surface area contributed by atoms with Gasteiger partial charge in [0, 0.05) is 0 Å². The highest BCUT2D eigenvalue weighted by Crippen LogP contribution is 2.17. The van der Waals surface area contributed by atoms with Crippen LogP contribution >= 0.6 is 0 Å². The van der Waals surface area contributed by atoms with Crippen LogP contribution in [0.15, 0.2) is 65.1 Å². The Morgan fingerprint density at radius 3 is 2.39 bits per heavy atom. The van der Waals surface area contributed by atoms with Gasteiger partial charge in [-0.25, -0.2) is 13.2 Å². The fraction of sp³-hybridized carbons (Fsp3) is 0.167. The van der Waals surface area contributed by atoms with E-state index >= 15 is 0 Å². The second-order valence-corrected chi connectivity index (χ2v) is 7.14. The summed E-state index contributed by atoms with van der Waals surface area (Å²) in [6.07, 6.45) is 1.55. The van der Waals surface area contributed by atoms with E-state index in [2.05, 4.69) is 0 Å². The summed E-state index contributed by atoms with van der Waals surface area (Å²) in [6.45, 7) is 1.93. The molecule has 4 nitrogen and oxygen atoms in total. The number of carbonyl (C=O) groups excluding carboxylic acids is 1. The predicted octanol–water partition coefficient (Wildman–Crippen LogP) is 3.03. The van der Waals surface area contributed by atoms with Gasteiger partial charge in [0.1, 0.15) is 0 Å². The summed E-state index contributed by atoms with van der Waals surface area (Å²) in [6, 6.07) is 15.5. The Balaban J connectivity index is 2.39. The molecule has 0 N–H and O–H groups in total. The van der Waals surface area contributed by atoms with Crippen LogP contribution in [0.1, 0.15) is 11.1 Å². The Morgan fingerprint density at radius 1 is 1.09 bits per heavy atom. The molecule has 2 rings (SSSR count). The van der Waals surface area contributed by atoms with Crippen molar-refractivity contribution in [1.82, 2.24) is 0 Å². The van der Waals surface area contributed by atoms with Gasteiger partial charge in [-0.3, -0.25) is 0 Å². The van der Waals surface area contributed by atoms with Crippen molar-refractivity contribution in [3.05, 3.63) is 71.3 Å². The number of hydrogen-bond donors (Lipinski definition) is 0. The monoisotopic (exact) mass is 330 g/mol. The van der Waals surface area contributed by atoms with E-state index in [1.807, 2.05) is 31.2 Å². The van der Waals surface area contributed by atoms with E-state index in [4.69, 9.17) is 4.74 Å². The van der Waals surface area contributed by atoms with E-state index in [1.165, 1.54) is 19.2 Å². The third kappa shape index (κ3) is 4.53. The molecule has 0 atom stereocenters. The van der Waals surface area contributed by atoms with Crippen molar-refractivity contribution in [2.75, 3.05) is 12.9 Å². The van der Waals surface area contributed by atoms with Crippen LogP contribution in [-0.2, 0) is 19.4 Å². The molecule has 2 aromatic carbocycles. The quantitative estimate of drug-likeness (QED) is 0.624. The number of methoxy groups -OCH3 is 1. The maximum absolute atomic E-state index is 12.5. The van der Waals surface area contributed by atoms with Gasteiger partial charge in [-0.1, -0.05) is 48.0 Å². The van der Waals surface area contributed by atoms with Gasteiger partial charge in [0.25, 0.3) is 0 Å². The molecule has 0 bridgehead atoms. The third-order valence-corrected chi connectivity index (χ3v) is 4.96. The number of hydrogen-bond acceptors (Lipinski definition) is 4. The fourth-order valence-electron chi connectivity index (χ4n) is 2.17. The fourth-order valence-corrected chi connectivity index (χ4v) is 3.52. The summed E-state index contributed by atoms with van der Waals surface area (Å²) in [5, 5.41) is 0.